The fraction of sp³-hybridized carbons (Fsp3) is 0.571. The molecule has 0 bridgehead atoms. The fourth-order valence-corrected chi connectivity index (χ4v) is 2.09. The molecule has 1 N–H and O–H groups in total. The Hall–Kier alpha value is -2.18. The third-order valence-electron chi connectivity index (χ3n) is 3.39. The molecule has 114 valence electrons. The van der Waals surface area contributed by atoms with Crippen molar-refractivity contribution < 1.29 is 9.32 Å². The quantitative estimate of drug-likeness (QED) is 0.872. The summed E-state index contributed by atoms with van der Waals surface area (Å²) in [5, 5.41) is 10.9. The van der Waals surface area contributed by atoms with Crippen LogP contribution in [0.25, 0.3) is 0 Å². The number of nitrogens with zero attached hydrogens (tertiary/aromatic N) is 4. The molecule has 0 saturated heterocycles. The van der Waals surface area contributed by atoms with Crippen LogP contribution < -0.4 is 0 Å². The van der Waals surface area contributed by atoms with Crippen LogP contribution in [-0.2, 0) is 24.2 Å². The molecule has 0 aliphatic rings. The fourth-order valence-electron chi connectivity index (χ4n) is 2.09. The van der Waals surface area contributed by atoms with Gasteiger partial charge >= 0.3 is 0 Å². The summed E-state index contributed by atoms with van der Waals surface area (Å²) in [5.41, 5.74) is 2.74. The van der Waals surface area contributed by atoms with Gasteiger partial charge in [-0.25, -0.2) is 0 Å². The van der Waals surface area contributed by atoms with E-state index in [4.69, 9.17) is 4.52 Å². The van der Waals surface area contributed by atoms with Crippen LogP contribution in [0.15, 0.2) is 4.52 Å². The molecule has 7 heteroatoms. The molecule has 2 aromatic heterocycles. The number of amides is 1. The maximum absolute atomic E-state index is 12.2. The molecule has 0 saturated carbocycles. The highest BCUT2D eigenvalue weighted by molar-refractivity contribution is 5.78. The largest absolute Gasteiger partial charge is 0.339 e. The highest BCUT2D eigenvalue weighted by Crippen LogP contribution is 2.12. The molecule has 0 radical (unpaired) electrons. The zero-order chi connectivity index (χ0) is 15.4. The number of likely N-dealkylation sites (N-methyl/N-ethyl adjacent to an activating group) is 1. The van der Waals surface area contributed by atoms with Gasteiger partial charge in [0.15, 0.2) is 5.82 Å². The first-order valence-electron chi connectivity index (χ1n) is 7.07. The smallest absolute Gasteiger partial charge is 0.227 e. The molecule has 0 spiro atoms. The molecule has 0 aliphatic heterocycles. The predicted octanol–water partition coefficient (Wildman–Crippen LogP) is 1.56. The van der Waals surface area contributed by atoms with Crippen molar-refractivity contribution in [2.75, 3.05) is 7.05 Å². The number of aromatic nitrogens is 4. The lowest BCUT2D eigenvalue weighted by molar-refractivity contribution is -0.129. The molecule has 1 amide bonds. The van der Waals surface area contributed by atoms with Crippen LogP contribution in [0.4, 0.5) is 0 Å². The molecule has 7 nitrogen and oxygen atoms in total. The molecule has 0 aromatic carbocycles. The van der Waals surface area contributed by atoms with Gasteiger partial charge in [0, 0.05) is 24.7 Å². The number of carbonyl (C=O) groups excluding carboxylic acids is 1. The lowest BCUT2D eigenvalue weighted by Crippen LogP contribution is -2.28. The van der Waals surface area contributed by atoms with Crippen LogP contribution in [0.3, 0.4) is 0 Å². The Bertz CT molecular complexity index is 597. The number of aromatic amines is 1. The van der Waals surface area contributed by atoms with E-state index in [2.05, 4.69) is 27.3 Å². The van der Waals surface area contributed by atoms with E-state index in [1.165, 1.54) is 0 Å². The van der Waals surface area contributed by atoms with Gasteiger partial charge in [-0.05, 0) is 20.3 Å². The minimum Gasteiger partial charge on any atom is -0.339 e. The average Bonchev–Trinajstić information content (AvgIpc) is 3.00. The molecule has 0 fully saturated rings. The van der Waals surface area contributed by atoms with Crippen molar-refractivity contribution in [3.63, 3.8) is 0 Å². The van der Waals surface area contributed by atoms with Crippen LogP contribution in [-0.4, -0.2) is 38.2 Å². The summed E-state index contributed by atoms with van der Waals surface area (Å²) in [7, 11) is 1.74. The van der Waals surface area contributed by atoms with Crippen LogP contribution in [0.2, 0.25) is 0 Å². The highest BCUT2D eigenvalue weighted by Gasteiger charge is 2.17. The van der Waals surface area contributed by atoms with Crippen molar-refractivity contribution in [2.24, 2.45) is 0 Å². The number of hydrogen-bond donors (Lipinski definition) is 1. The SMILES string of the molecule is CCCc1nc(CN(C)C(=O)Cc2c(C)n[nH]c2C)no1. The number of H-pyrrole nitrogens is 1. The van der Waals surface area contributed by atoms with Gasteiger partial charge in [-0.2, -0.15) is 10.1 Å². The first kappa shape index (κ1) is 15.2. The summed E-state index contributed by atoms with van der Waals surface area (Å²) < 4.78 is 5.12. The third kappa shape index (κ3) is 3.68. The van der Waals surface area contributed by atoms with Crippen molar-refractivity contribution in [1.82, 2.24) is 25.2 Å². The van der Waals surface area contributed by atoms with Crippen molar-refractivity contribution in [3.8, 4) is 0 Å². The van der Waals surface area contributed by atoms with Crippen molar-refractivity contribution in [3.05, 3.63) is 28.7 Å². The van der Waals surface area contributed by atoms with Crippen LogP contribution >= 0.6 is 0 Å². The summed E-state index contributed by atoms with van der Waals surface area (Å²) >= 11 is 0. The normalized spacial score (nSPS) is 10.9. The van der Waals surface area contributed by atoms with Gasteiger partial charge in [-0.3, -0.25) is 9.89 Å². The summed E-state index contributed by atoms with van der Waals surface area (Å²) in [5.74, 6) is 1.16. The summed E-state index contributed by atoms with van der Waals surface area (Å²) in [6.45, 7) is 6.21. The number of hydrogen-bond acceptors (Lipinski definition) is 5. The maximum atomic E-state index is 12.2. The number of rotatable bonds is 6. The minimum absolute atomic E-state index is 0.00411. The summed E-state index contributed by atoms with van der Waals surface area (Å²) in [6, 6.07) is 0. The van der Waals surface area contributed by atoms with Gasteiger partial charge in [0.2, 0.25) is 11.8 Å². The monoisotopic (exact) mass is 291 g/mol. The summed E-state index contributed by atoms with van der Waals surface area (Å²) in [4.78, 5) is 18.1. The number of nitrogens with one attached hydrogen (secondary N) is 1. The number of aryl methyl sites for hydroxylation is 3. The van der Waals surface area contributed by atoms with Gasteiger partial charge in [0.25, 0.3) is 0 Å². The minimum atomic E-state index is 0.00411. The van der Waals surface area contributed by atoms with Crippen molar-refractivity contribution in [1.29, 1.82) is 0 Å². The first-order chi connectivity index (χ1) is 10.0. The molecule has 21 heavy (non-hydrogen) atoms. The van der Waals surface area contributed by atoms with Gasteiger partial charge in [0.1, 0.15) is 0 Å². The number of carbonyl (C=O) groups is 1. The van der Waals surface area contributed by atoms with Gasteiger partial charge < -0.3 is 9.42 Å². The Labute approximate surface area is 123 Å². The van der Waals surface area contributed by atoms with E-state index in [1.807, 2.05) is 13.8 Å². The Morgan fingerprint density at radius 3 is 2.76 bits per heavy atom. The standard InChI is InChI=1S/C14H21N5O2/c1-5-6-13-15-12(18-21-13)8-19(4)14(20)7-11-9(2)16-17-10(11)3/h5-8H2,1-4H3,(H,16,17). The second-order valence-electron chi connectivity index (χ2n) is 5.19. The zero-order valence-electron chi connectivity index (χ0n) is 12.9. The highest BCUT2D eigenvalue weighted by atomic mass is 16.5. The first-order valence-corrected chi connectivity index (χ1v) is 7.07. The van der Waals surface area contributed by atoms with E-state index >= 15 is 0 Å². The molecule has 0 unspecified atom stereocenters. The summed E-state index contributed by atoms with van der Waals surface area (Å²) in [6.07, 6.45) is 2.04. The van der Waals surface area contributed by atoms with Crippen LogP contribution in [0, 0.1) is 13.8 Å². The third-order valence-corrected chi connectivity index (χ3v) is 3.39. The predicted molar refractivity (Wildman–Crippen MR) is 76.5 cm³/mol. The lowest BCUT2D eigenvalue weighted by Gasteiger charge is -2.15. The Kier molecular flexibility index (Phi) is 4.72. The molecule has 0 atom stereocenters. The van der Waals surface area contributed by atoms with E-state index in [-0.39, 0.29) is 5.91 Å². The molecule has 0 aliphatic carbocycles. The van der Waals surface area contributed by atoms with E-state index in [9.17, 15) is 4.79 Å². The maximum Gasteiger partial charge on any atom is 0.227 e. The van der Waals surface area contributed by atoms with Crippen LogP contribution in [0.5, 0.6) is 0 Å². The average molecular weight is 291 g/mol. The van der Waals surface area contributed by atoms with Crippen molar-refractivity contribution >= 4 is 5.91 Å². The van der Waals surface area contributed by atoms with E-state index in [0.717, 1.165) is 29.8 Å². The van der Waals surface area contributed by atoms with Crippen molar-refractivity contribution in [2.45, 2.75) is 46.6 Å². The van der Waals surface area contributed by atoms with Gasteiger partial charge in [0.05, 0.1) is 18.7 Å². The second-order valence-corrected chi connectivity index (χ2v) is 5.19. The Morgan fingerprint density at radius 2 is 2.14 bits per heavy atom. The van der Waals surface area contributed by atoms with E-state index < -0.39 is 0 Å². The topological polar surface area (TPSA) is 87.9 Å². The molecular weight excluding hydrogens is 270 g/mol. The Morgan fingerprint density at radius 1 is 1.38 bits per heavy atom. The van der Waals surface area contributed by atoms with Crippen LogP contribution in [0.1, 0.15) is 42.0 Å². The van der Waals surface area contributed by atoms with E-state index in [1.54, 1.807) is 11.9 Å². The Balaban J connectivity index is 1.96. The second kappa shape index (κ2) is 6.51. The molecular formula is C14H21N5O2. The molecule has 2 aromatic rings. The molecule has 2 heterocycles. The zero-order valence-corrected chi connectivity index (χ0v) is 12.9. The van der Waals surface area contributed by atoms with E-state index in [0.29, 0.717) is 24.7 Å². The lowest BCUT2D eigenvalue weighted by atomic mass is 10.1. The van der Waals surface area contributed by atoms with Gasteiger partial charge in [-0.1, -0.05) is 12.1 Å². The van der Waals surface area contributed by atoms with Gasteiger partial charge in [-0.15, -0.1) is 0 Å². The molecule has 2 rings (SSSR count).